The maximum Gasteiger partial charge on any atom is 0.410 e. The van der Waals surface area contributed by atoms with Crippen LogP contribution in [0.15, 0.2) is 24.7 Å². The molecule has 1 aliphatic carbocycles. The Morgan fingerprint density at radius 1 is 1.14 bits per heavy atom. The summed E-state index contributed by atoms with van der Waals surface area (Å²) >= 11 is 0. The number of aromatic nitrogens is 4. The minimum atomic E-state index is -0.524. The van der Waals surface area contributed by atoms with Crippen molar-refractivity contribution in [3.63, 3.8) is 0 Å². The molecule has 1 aliphatic heterocycles. The smallest absolute Gasteiger partial charge is 0.410 e. The van der Waals surface area contributed by atoms with Crippen molar-refractivity contribution >= 4 is 28.9 Å². The average molecular weight is 480 g/mol. The Hall–Kier alpha value is -3.56. The van der Waals surface area contributed by atoms with Crippen molar-refractivity contribution in [2.45, 2.75) is 58.1 Å². The Morgan fingerprint density at radius 2 is 1.89 bits per heavy atom. The highest BCUT2D eigenvalue weighted by Gasteiger charge is 2.35. The molecule has 0 spiro atoms. The van der Waals surface area contributed by atoms with Gasteiger partial charge in [-0.15, -0.1) is 0 Å². The predicted molar refractivity (Wildman–Crippen MR) is 133 cm³/mol. The first-order valence-electron chi connectivity index (χ1n) is 12.1. The summed E-state index contributed by atoms with van der Waals surface area (Å²) in [6, 6.07) is 3.68. The summed E-state index contributed by atoms with van der Waals surface area (Å²) in [5.74, 6) is 1.71. The van der Waals surface area contributed by atoms with Gasteiger partial charge in [-0.05, 0) is 64.2 Å². The van der Waals surface area contributed by atoms with E-state index in [2.05, 4.69) is 23.0 Å². The largest absolute Gasteiger partial charge is 0.444 e. The number of hydrogen-bond acceptors (Lipinski definition) is 6. The van der Waals surface area contributed by atoms with E-state index in [1.165, 1.54) is 5.56 Å². The number of amides is 2. The lowest BCUT2D eigenvalue weighted by Gasteiger charge is -2.41. The fourth-order valence-electron chi connectivity index (χ4n) is 4.92. The molecule has 1 atom stereocenters. The van der Waals surface area contributed by atoms with E-state index in [-0.39, 0.29) is 12.1 Å². The van der Waals surface area contributed by atoms with E-state index in [1.54, 1.807) is 21.9 Å². The van der Waals surface area contributed by atoms with E-state index in [9.17, 15) is 9.59 Å². The maximum absolute atomic E-state index is 12.6. The van der Waals surface area contributed by atoms with Gasteiger partial charge < -0.3 is 24.8 Å². The second kappa shape index (κ2) is 8.28. The molecule has 0 aromatic carbocycles. The standard InChI is InChI=1S/C25H33N7O3/c1-15-12-30(24(34)35-25(2,3)4)10-11-31(15)22-20-17(16-6-7-16)13-32(23(20)28-14-27-22)19-9-8-18(21(26)33)29(19)5/h8-9,13-16H,6-7,10-12H2,1-5H3,(H2,26,33)/t15-/m0/s1. The zero-order chi connectivity index (χ0) is 25.1. The Kier molecular flexibility index (Phi) is 5.49. The summed E-state index contributed by atoms with van der Waals surface area (Å²) in [5, 5.41) is 1.04. The van der Waals surface area contributed by atoms with Crippen molar-refractivity contribution in [1.82, 2.24) is 24.0 Å². The van der Waals surface area contributed by atoms with Crippen LogP contribution in [0.4, 0.5) is 10.6 Å². The number of hydrogen-bond donors (Lipinski definition) is 1. The van der Waals surface area contributed by atoms with Gasteiger partial charge in [0, 0.05) is 38.9 Å². The number of rotatable bonds is 4. The third-order valence-corrected chi connectivity index (χ3v) is 6.76. The zero-order valence-corrected chi connectivity index (χ0v) is 21.0. The SMILES string of the molecule is C[C@H]1CN(C(=O)OC(C)(C)C)CCN1c1ncnc2c1c(C1CC1)cn2-c1ccc(C(N)=O)n1C. The quantitative estimate of drug-likeness (QED) is 0.615. The molecular weight excluding hydrogens is 446 g/mol. The van der Waals surface area contributed by atoms with Gasteiger partial charge in [0.1, 0.15) is 29.3 Å². The second-order valence-corrected chi connectivity index (χ2v) is 10.6. The van der Waals surface area contributed by atoms with Crippen molar-refractivity contribution in [2.24, 2.45) is 12.8 Å². The lowest BCUT2D eigenvalue weighted by molar-refractivity contribution is 0.0218. The zero-order valence-electron chi connectivity index (χ0n) is 21.0. The Morgan fingerprint density at radius 3 is 2.49 bits per heavy atom. The van der Waals surface area contributed by atoms with Crippen LogP contribution in [0.3, 0.4) is 0 Å². The number of fused-ring (bicyclic) bond motifs is 1. The van der Waals surface area contributed by atoms with Crippen LogP contribution < -0.4 is 10.6 Å². The summed E-state index contributed by atoms with van der Waals surface area (Å²) in [5.41, 5.74) is 7.49. The van der Waals surface area contributed by atoms with E-state index in [1.807, 2.05) is 38.5 Å². The third-order valence-electron chi connectivity index (χ3n) is 6.76. The molecule has 2 aliphatic rings. The van der Waals surface area contributed by atoms with E-state index in [0.29, 0.717) is 31.2 Å². The van der Waals surface area contributed by atoms with Crippen LogP contribution in [0, 0.1) is 0 Å². The minimum absolute atomic E-state index is 0.0567. The first-order chi connectivity index (χ1) is 16.5. The summed E-state index contributed by atoms with van der Waals surface area (Å²) < 4.78 is 9.41. The molecule has 2 fully saturated rings. The van der Waals surface area contributed by atoms with Gasteiger partial charge in [0.05, 0.1) is 5.39 Å². The van der Waals surface area contributed by atoms with Crippen LogP contribution >= 0.6 is 0 Å². The van der Waals surface area contributed by atoms with Crippen molar-refractivity contribution in [2.75, 3.05) is 24.5 Å². The lowest BCUT2D eigenvalue weighted by atomic mass is 10.1. The third kappa shape index (κ3) is 4.21. The summed E-state index contributed by atoms with van der Waals surface area (Å²) in [4.78, 5) is 37.9. The monoisotopic (exact) mass is 479 g/mol. The van der Waals surface area contributed by atoms with Crippen LogP contribution in [-0.4, -0.2) is 67.3 Å². The Labute approximate surface area is 204 Å². The molecule has 0 unspecified atom stereocenters. The lowest BCUT2D eigenvalue weighted by Crippen LogP contribution is -2.54. The van der Waals surface area contributed by atoms with Gasteiger partial charge in [0.25, 0.3) is 5.91 Å². The van der Waals surface area contributed by atoms with Gasteiger partial charge in [-0.1, -0.05) is 0 Å². The van der Waals surface area contributed by atoms with E-state index in [4.69, 9.17) is 15.5 Å². The van der Waals surface area contributed by atoms with Crippen molar-refractivity contribution in [1.29, 1.82) is 0 Å². The number of ether oxygens (including phenoxy) is 1. The molecule has 2 amide bonds. The molecule has 1 saturated heterocycles. The topological polar surface area (TPSA) is 112 Å². The fourth-order valence-corrected chi connectivity index (χ4v) is 4.92. The first-order valence-corrected chi connectivity index (χ1v) is 12.1. The van der Waals surface area contributed by atoms with Crippen molar-refractivity contribution in [3.8, 4) is 5.82 Å². The van der Waals surface area contributed by atoms with Gasteiger partial charge in [0.2, 0.25) is 0 Å². The molecule has 2 N–H and O–H groups in total. The molecule has 3 aromatic rings. The first kappa shape index (κ1) is 23.2. The number of carbonyl (C=O) groups excluding carboxylic acids is 2. The summed E-state index contributed by atoms with van der Waals surface area (Å²) in [6.45, 7) is 9.51. The van der Waals surface area contributed by atoms with E-state index < -0.39 is 11.5 Å². The summed E-state index contributed by atoms with van der Waals surface area (Å²) in [6.07, 6.45) is 5.71. The molecule has 1 saturated carbocycles. The Bertz CT molecular complexity index is 1300. The van der Waals surface area contributed by atoms with E-state index in [0.717, 1.165) is 35.5 Å². The van der Waals surface area contributed by atoms with Crippen LogP contribution in [-0.2, 0) is 11.8 Å². The fraction of sp³-hybridized carbons (Fsp3) is 0.520. The molecule has 10 heteroatoms. The highest BCUT2D eigenvalue weighted by Crippen LogP contribution is 2.46. The Balaban J connectivity index is 1.52. The highest BCUT2D eigenvalue weighted by molar-refractivity contribution is 5.94. The number of piperazine rings is 1. The van der Waals surface area contributed by atoms with Crippen molar-refractivity contribution < 1.29 is 14.3 Å². The van der Waals surface area contributed by atoms with Crippen LogP contribution in [0.25, 0.3) is 16.9 Å². The molecular formula is C25H33N7O3. The molecule has 5 rings (SSSR count). The number of primary amides is 1. The molecule has 35 heavy (non-hydrogen) atoms. The minimum Gasteiger partial charge on any atom is -0.444 e. The maximum atomic E-state index is 12.6. The molecule has 186 valence electrons. The van der Waals surface area contributed by atoms with Crippen molar-refractivity contribution in [3.05, 3.63) is 35.9 Å². The predicted octanol–water partition coefficient (Wildman–Crippen LogP) is 3.18. The molecule has 3 aromatic heterocycles. The van der Waals surface area contributed by atoms with Gasteiger partial charge in [-0.2, -0.15) is 0 Å². The van der Waals surface area contributed by atoms with Crippen LogP contribution in [0.1, 0.15) is 62.5 Å². The highest BCUT2D eigenvalue weighted by atomic mass is 16.6. The van der Waals surface area contributed by atoms with Crippen LogP contribution in [0.5, 0.6) is 0 Å². The summed E-state index contributed by atoms with van der Waals surface area (Å²) in [7, 11) is 1.83. The molecule has 10 nitrogen and oxygen atoms in total. The number of carbonyl (C=O) groups is 2. The second-order valence-electron chi connectivity index (χ2n) is 10.6. The number of anilines is 1. The average Bonchev–Trinajstić information content (AvgIpc) is 3.44. The van der Waals surface area contributed by atoms with Gasteiger partial charge >= 0.3 is 6.09 Å². The van der Waals surface area contributed by atoms with Gasteiger partial charge in [0.15, 0.2) is 5.65 Å². The number of nitrogens with zero attached hydrogens (tertiary/aromatic N) is 6. The van der Waals surface area contributed by atoms with Gasteiger partial charge in [-0.25, -0.2) is 14.8 Å². The molecule has 0 radical (unpaired) electrons. The normalized spacial score (nSPS) is 18.8. The van der Waals surface area contributed by atoms with Gasteiger partial charge in [-0.3, -0.25) is 9.36 Å². The molecule has 4 heterocycles. The van der Waals surface area contributed by atoms with Crippen LogP contribution in [0.2, 0.25) is 0 Å². The number of nitrogens with two attached hydrogens (primary N) is 1. The van der Waals surface area contributed by atoms with E-state index >= 15 is 0 Å². The molecule has 0 bridgehead atoms.